The molecule has 0 aromatic heterocycles. The Kier molecular flexibility index (Phi) is 6.91. The van der Waals surface area contributed by atoms with Gasteiger partial charge in [-0.05, 0) is 72.3 Å². The third kappa shape index (κ3) is 4.86. The molecule has 1 saturated heterocycles. The molecule has 1 fully saturated rings. The number of imide groups is 2. The van der Waals surface area contributed by atoms with Gasteiger partial charge in [0.1, 0.15) is 11.6 Å². The van der Waals surface area contributed by atoms with E-state index in [0.29, 0.717) is 32.9 Å². The van der Waals surface area contributed by atoms with Crippen molar-refractivity contribution in [3.63, 3.8) is 0 Å². The maximum atomic E-state index is 13.0. The zero-order valence-corrected chi connectivity index (χ0v) is 18.9. The van der Waals surface area contributed by atoms with Crippen LogP contribution in [0.3, 0.4) is 0 Å². The molecule has 0 atom stereocenters. The van der Waals surface area contributed by atoms with Gasteiger partial charge in [0.05, 0.1) is 15.9 Å². The monoisotopic (exact) mass is 531 g/mol. The second kappa shape index (κ2) is 9.61. The van der Waals surface area contributed by atoms with Gasteiger partial charge in [0.15, 0.2) is 18.1 Å². The molecule has 0 unspecified atom stereocenters. The number of carbonyl (C=O) groups is 3. The Bertz CT molecular complexity index is 1120. The van der Waals surface area contributed by atoms with Crippen LogP contribution in [0.2, 0.25) is 0 Å². The van der Waals surface area contributed by atoms with Gasteiger partial charge in [-0.15, -0.1) is 0 Å². The van der Waals surface area contributed by atoms with E-state index < -0.39 is 17.8 Å². The summed E-state index contributed by atoms with van der Waals surface area (Å²) in [7, 11) is 0. The molecule has 8 nitrogen and oxygen atoms in total. The average molecular weight is 531 g/mol. The van der Waals surface area contributed by atoms with Crippen molar-refractivity contribution in [3.8, 4) is 17.6 Å². The summed E-state index contributed by atoms with van der Waals surface area (Å²) in [4.78, 5) is 38.7. The Hall–Kier alpha value is -3.39. The highest BCUT2D eigenvalue weighted by molar-refractivity contribution is 14.1. The zero-order valence-electron chi connectivity index (χ0n) is 16.8. The number of urea groups is 1. The topological polar surface area (TPSA) is 109 Å². The van der Waals surface area contributed by atoms with E-state index in [0.717, 1.165) is 10.5 Å². The second-order valence-corrected chi connectivity index (χ2v) is 7.67. The highest BCUT2D eigenvalue weighted by Gasteiger charge is 2.36. The normalized spacial score (nSPS) is 15.0. The summed E-state index contributed by atoms with van der Waals surface area (Å²) in [6.45, 7) is 3.90. The molecule has 9 heteroatoms. The number of amides is 4. The molecule has 4 amide bonds. The van der Waals surface area contributed by atoms with E-state index >= 15 is 0 Å². The molecule has 1 heterocycles. The third-order valence-electron chi connectivity index (χ3n) is 4.32. The number of nitriles is 1. The SMILES string of the molecule is CCOc1cc(/C=C2\C(=O)NC(=O)N(c3ccc(C)cc3)C2=O)cc(I)c1OCC#N. The molecule has 0 bridgehead atoms. The lowest BCUT2D eigenvalue weighted by molar-refractivity contribution is -0.122. The first-order chi connectivity index (χ1) is 14.8. The summed E-state index contributed by atoms with van der Waals surface area (Å²) in [6, 6.07) is 11.2. The predicted molar refractivity (Wildman–Crippen MR) is 122 cm³/mol. The molecular weight excluding hydrogens is 513 g/mol. The van der Waals surface area contributed by atoms with Crippen molar-refractivity contribution in [1.29, 1.82) is 5.26 Å². The smallest absolute Gasteiger partial charge is 0.335 e. The van der Waals surface area contributed by atoms with Crippen LogP contribution in [-0.4, -0.2) is 31.1 Å². The highest BCUT2D eigenvalue weighted by atomic mass is 127. The minimum atomic E-state index is -0.805. The molecule has 158 valence electrons. The van der Waals surface area contributed by atoms with Crippen molar-refractivity contribution in [2.24, 2.45) is 0 Å². The highest BCUT2D eigenvalue weighted by Crippen LogP contribution is 2.35. The minimum absolute atomic E-state index is 0.148. The first-order valence-corrected chi connectivity index (χ1v) is 10.4. The van der Waals surface area contributed by atoms with Crippen LogP contribution in [0.5, 0.6) is 11.5 Å². The van der Waals surface area contributed by atoms with Crippen molar-refractivity contribution in [2.75, 3.05) is 18.1 Å². The number of nitrogens with one attached hydrogen (secondary N) is 1. The molecular formula is C22H18IN3O5. The number of hydrogen-bond donors (Lipinski definition) is 1. The van der Waals surface area contributed by atoms with Crippen LogP contribution >= 0.6 is 22.6 Å². The van der Waals surface area contributed by atoms with E-state index in [4.69, 9.17) is 14.7 Å². The zero-order chi connectivity index (χ0) is 22.5. The van der Waals surface area contributed by atoms with Crippen molar-refractivity contribution < 1.29 is 23.9 Å². The van der Waals surface area contributed by atoms with Gasteiger partial charge in [-0.2, -0.15) is 5.26 Å². The van der Waals surface area contributed by atoms with Gasteiger partial charge < -0.3 is 9.47 Å². The van der Waals surface area contributed by atoms with Crippen molar-refractivity contribution in [2.45, 2.75) is 13.8 Å². The first kappa shape index (κ1) is 22.3. The third-order valence-corrected chi connectivity index (χ3v) is 5.12. The van der Waals surface area contributed by atoms with Crippen LogP contribution in [0.25, 0.3) is 6.08 Å². The molecule has 1 aliphatic rings. The second-order valence-electron chi connectivity index (χ2n) is 6.50. The Morgan fingerprint density at radius 3 is 2.52 bits per heavy atom. The fraction of sp³-hybridized carbons (Fsp3) is 0.182. The molecule has 0 radical (unpaired) electrons. The largest absolute Gasteiger partial charge is 0.490 e. The van der Waals surface area contributed by atoms with Crippen LogP contribution in [0, 0.1) is 21.8 Å². The molecule has 2 aromatic rings. The van der Waals surface area contributed by atoms with Crippen molar-refractivity contribution in [3.05, 3.63) is 56.7 Å². The number of aryl methyl sites for hydroxylation is 1. The Morgan fingerprint density at radius 1 is 1.16 bits per heavy atom. The molecule has 0 aliphatic carbocycles. The fourth-order valence-electron chi connectivity index (χ4n) is 2.93. The van der Waals surface area contributed by atoms with Crippen molar-refractivity contribution >= 4 is 52.2 Å². The lowest BCUT2D eigenvalue weighted by Crippen LogP contribution is -2.54. The van der Waals surface area contributed by atoms with Crippen LogP contribution < -0.4 is 19.7 Å². The quantitative estimate of drug-likeness (QED) is 0.347. The fourth-order valence-corrected chi connectivity index (χ4v) is 3.71. The molecule has 0 saturated carbocycles. The molecule has 31 heavy (non-hydrogen) atoms. The summed E-state index contributed by atoms with van der Waals surface area (Å²) in [6.07, 6.45) is 1.39. The average Bonchev–Trinajstić information content (AvgIpc) is 2.72. The Morgan fingerprint density at radius 2 is 1.87 bits per heavy atom. The molecule has 1 aliphatic heterocycles. The Labute approximate surface area is 192 Å². The van der Waals surface area contributed by atoms with Gasteiger partial charge in [-0.3, -0.25) is 14.9 Å². The maximum Gasteiger partial charge on any atom is 0.335 e. The van der Waals surface area contributed by atoms with Crippen LogP contribution in [0.15, 0.2) is 42.0 Å². The van der Waals surface area contributed by atoms with Gasteiger partial charge in [-0.1, -0.05) is 17.7 Å². The summed E-state index contributed by atoms with van der Waals surface area (Å²) in [5, 5.41) is 11.0. The lowest BCUT2D eigenvalue weighted by atomic mass is 10.1. The minimum Gasteiger partial charge on any atom is -0.490 e. The summed E-state index contributed by atoms with van der Waals surface area (Å²) in [5.41, 5.74) is 1.64. The van der Waals surface area contributed by atoms with Gasteiger partial charge in [0.2, 0.25) is 0 Å². The van der Waals surface area contributed by atoms with Crippen LogP contribution in [0.4, 0.5) is 10.5 Å². The number of anilines is 1. The van der Waals surface area contributed by atoms with Crippen LogP contribution in [-0.2, 0) is 9.59 Å². The molecule has 3 rings (SSSR count). The predicted octanol–water partition coefficient (Wildman–Crippen LogP) is 3.57. The Balaban J connectivity index is 2.02. The van der Waals surface area contributed by atoms with E-state index in [1.54, 1.807) is 43.3 Å². The number of nitrogens with zero attached hydrogens (tertiary/aromatic N) is 2. The van der Waals surface area contributed by atoms with Gasteiger partial charge in [0, 0.05) is 0 Å². The van der Waals surface area contributed by atoms with Gasteiger partial charge >= 0.3 is 6.03 Å². The van der Waals surface area contributed by atoms with E-state index in [9.17, 15) is 14.4 Å². The van der Waals surface area contributed by atoms with E-state index in [1.165, 1.54) is 6.08 Å². The molecule has 0 spiro atoms. The number of carbonyl (C=O) groups excluding carboxylic acids is 3. The lowest BCUT2D eigenvalue weighted by Gasteiger charge is -2.26. The number of benzene rings is 2. The van der Waals surface area contributed by atoms with Crippen LogP contribution in [0.1, 0.15) is 18.1 Å². The number of ether oxygens (including phenoxy) is 2. The van der Waals surface area contributed by atoms with Gasteiger partial charge in [0.25, 0.3) is 11.8 Å². The summed E-state index contributed by atoms with van der Waals surface area (Å²) < 4.78 is 11.7. The summed E-state index contributed by atoms with van der Waals surface area (Å²) in [5.74, 6) is -0.722. The van der Waals surface area contributed by atoms with Crippen molar-refractivity contribution in [1.82, 2.24) is 5.32 Å². The van der Waals surface area contributed by atoms with Gasteiger partial charge in [-0.25, -0.2) is 9.69 Å². The van der Waals surface area contributed by atoms with E-state index in [-0.39, 0.29) is 12.2 Å². The van der Waals surface area contributed by atoms with E-state index in [2.05, 4.69) is 5.32 Å². The molecule has 1 N–H and O–H groups in total. The number of halogens is 1. The standard InChI is InChI=1S/C22H18IN3O5/c1-3-30-18-12-14(11-17(23)19(18)31-9-8-24)10-16-20(27)25-22(29)26(21(16)28)15-6-4-13(2)5-7-15/h4-7,10-12H,3,9H2,1-2H3,(H,25,27,29)/b16-10+. The maximum absolute atomic E-state index is 13.0. The summed E-state index contributed by atoms with van der Waals surface area (Å²) >= 11 is 2.02. The number of rotatable bonds is 6. The first-order valence-electron chi connectivity index (χ1n) is 9.30. The number of barbiturate groups is 1. The molecule has 2 aromatic carbocycles. The van der Waals surface area contributed by atoms with E-state index in [1.807, 2.05) is 35.6 Å². The number of hydrogen-bond acceptors (Lipinski definition) is 6.